The Morgan fingerprint density at radius 1 is 0.308 bits per heavy atom. The Balaban J connectivity index is 0.765. The van der Waals surface area contributed by atoms with Crippen LogP contribution in [0.5, 0.6) is 0 Å². The van der Waals surface area contributed by atoms with Crippen LogP contribution in [0.1, 0.15) is 53.4 Å². The number of rotatable bonds is 8. The third-order valence-electron chi connectivity index (χ3n) is 20.2. The van der Waals surface area contributed by atoms with E-state index < -0.39 is 0 Å². The van der Waals surface area contributed by atoms with Gasteiger partial charge in [0.1, 0.15) is 11.2 Å². The molecular weight excluding hydrogens is 1100 g/mol. The molecular formula is C88H60N2O. The zero-order valence-corrected chi connectivity index (χ0v) is 50.2. The molecule has 3 aliphatic rings. The predicted octanol–water partition coefficient (Wildman–Crippen LogP) is 24.1. The number of nitrogens with zero attached hydrogens (tertiary/aromatic N) is 2. The zero-order valence-electron chi connectivity index (χ0n) is 50.2. The van der Waals surface area contributed by atoms with Gasteiger partial charge < -0.3 is 13.6 Å². The van der Waals surface area contributed by atoms with E-state index in [1.807, 2.05) is 0 Å². The van der Waals surface area contributed by atoms with Gasteiger partial charge >= 0.3 is 0 Å². The molecule has 0 saturated heterocycles. The molecule has 0 radical (unpaired) electrons. The summed E-state index contributed by atoms with van der Waals surface area (Å²) in [6.45, 7) is 0. The van der Waals surface area contributed by atoms with E-state index in [0.29, 0.717) is 11.8 Å². The highest BCUT2D eigenvalue weighted by Crippen LogP contribution is 2.50. The topological polar surface area (TPSA) is 23.0 Å². The molecule has 13 aromatic carbocycles. The van der Waals surface area contributed by atoms with Crippen LogP contribution in [0.3, 0.4) is 0 Å². The average molecular weight is 1160 g/mol. The van der Waals surface area contributed by atoms with Crippen molar-refractivity contribution in [3.8, 4) is 55.9 Å². The number of allylic oxidation sites excluding steroid dienone is 9. The van der Waals surface area contributed by atoms with Crippen LogP contribution in [0, 0.1) is 0 Å². The lowest BCUT2D eigenvalue weighted by Gasteiger charge is -2.25. The molecule has 19 rings (SSSR count). The van der Waals surface area contributed by atoms with Crippen molar-refractivity contribution in [2.75, 3.05) is 0 Å². The second-order valence-corrected chi connectivity index (χ2v) is 25.2. The number of furan rings is 1. The van der Waals surface area contributed by atoms with Crippen LogP contribution in [-0.2, 0) is 6.42 Å². The third kappa shape index (κ3) is 8.14. The molecule has 0 aliphatic heterocycles. The van der Waals surface area contributed by atoms with E-state index >= 15 is 0 Å². The van der Waals surface area contributed by atoms with Gasteiger partial charge in [-0.2, -0.15) is 0 Å². The van der Waals surface area contributed by atoms with Crippen molar-refractivity contribution < 1.29 is 4.42 Å². The van der Waals surface area contributed by atoms with Gasteiger partial charge in [-0.05, 0) is 181 Å². The van der Waals surface area contributed by atoms with E-state index in [1.54, 1.807) is 0 Å². The number of fused-ring (bicyclic) bond motifs is 13. The number of hydrogen-bond donors (Lipinski definition) is 0. The minimum Gasteiger partial charge on any atom is -0.456 e. The van der Waals surface area contributed by atoms with Gasteiger partial charge in [0, 0.05) is 60.3 Å². The van der Waals surface area contributed by atoms with Gasteiger partial charge in [0.25, 0.3) is 0 Å². The molecule has 0 saturated carbocycles. The van der Waals surface area contributed by atoms with Gasteiger partial charge in [-0.3, -0.25) is 0 Å². The van der Waals surface area contributed by atoms with Crippen LogP contribution in [0.4, 0.5) is 0 Å². The first-order valence-electron chi connectivity index (χ1n) is 32.2. The second kappa shape index (κ2) is 20.7. The van der Waals surface area contributed by atoms with Crippen molar-refractivity contribution in [2.45, 2.75) is 37.5 Å². The molecule has 3 aliphatic carbocycles. The van der Waals surface area contributed by atoms with E-state index in [0.717, 1.165) is 53.2 Å². The average Bonchev–Trinajstić information content (AvgIpc) is 1.73. The summed E-state index contributed by atoms with van der Waals surface area (Å²) in [5, 5.41) is 14.6. The normalized spacial score (nSPS) is 15.5. The summed E-state index contributed by atoms with van der Waals surface area (Å²) < 4.78 is 12.1. The maximum absolute atomic E-state index is 7.00. The van der Waals surface area contributed by atoms with E-state index in [-0.39, 0.29) is 0 Å². The molecule has 3 aromatic heterocycles. The molecule has 3 nitrogen and oxygen atoms in total. The van der Waals surface area contributed by atoms with Crippen LogP contribution < -0.4 is 0 Å². The number of aromatic nitrogens is 2. The Hall–Kier alpha value is -11.3. The van der Waals surface area contributed by atoms with Crippen molar-refractivity contribution in [1.29, 1.82) is 0 Å². The molecule has 0 N–H and O–H groups in total. The lowest BCUT2D eigenvalue weighted by molar-refractivity contribution is 0.669. The summed E-state index contributed by atoms with van der Waals surface area (Å²) in [6.07, 6.45) is 26.7. The van der Waals surface area contributed by atoms with Gasteiger partial charge in [0.05, 0.1) is 33.4 Å². The summed E-state index contributed by atoms with van der Waals surface area (Å²) in [7, 11) is 0. The molecule has 0 fully saturated rings. The van der Waals surface area contributed by atoms with Crippen LogP contribution in [0.2, 0.25) is 0 Å². The molecule has 3 heteroatoms. The maximum Gasteiger partial charge on any atom is 0.136 e. The molecule has 2 atom stereocenters. The summed E-state index contributed by atoms with van der Waals surface area (Å²) in [5.74, 6) is 0.684. The summed E-state index contributed by atoms with van der Waals surface area (Å²) >= 11 is 0. The number of benzene rings is 13. The van der Waals surface area contributed by atoms with Gasteiger partial charge in [-0.15, -0.1) is 0 Å². The fourth-order valence-corrected chi connectivity index (χ4v) is 16.0. The Morgan fingerprint density at radius 2 is 0.769 bits per heavy atom. The Bertz CT molecular complexity index is 5840. The molecule has 0 spiro atoms. The Morgan fingerprint density at radius 3 is 1.33 bits per heavy atom. The molecule has 16 aromatic rings. The lowest BCUT2D eigenvalue weighted by Crippen LogP contribution is -2.07. The number of hydrogen-bond acceptors (Lipinski definition) is 1. The fraction of sp³-hybridized carbons (Fsp3) is 0.0682. The fourth-order valence-electron chi connectivity index (χ4n) is 16.0. The molecule has 0 amide bonds. The summed E-state index contributed by atoms with van der Waals surface area (Å²) in [4.78, 5) is 0. The van der Waals surface area contributed by atoms with Crippen molar-refractivity contribution in [3.05, 3.63) is 320 Å². The van der Waals surface area contributed by atoms with Crippen molar-refractivity contribution in [2.24, 2.45) is 0 Å². The van der Waals surface area contributed by atoms with Gasteiger partial charge in [-0.1, -0.05) is 231 Å². The lowest BCUT2D eigenvalue weighted by atomic mass is 9.83. The van der Waals surface area contributed by atoms with E-state index in [2.05, 4.69) is 313 Å². The van der Waals surface area contributed by atoms with E-state index in [4.69, 9.17) is 4.42 Å². The molecule has 2 unspecified atom stereocenters. The van der Waals surface area contributed by atoms with Crippen LogP contribution in [-0.4, -0.2) is 9.13 Å². The van der Waals surface area contributed by atoms with Crippen LogP contribution >= 0.6 is 0 Å². The predicted molar refractivity (Wildman–Crippen MR) is 385 cm³/mol. The molecule has 0 bridgehead atoms. The largest absolute Gasteiger partial charge is 0.456 e. The van der Waals surface area contributed by atoms with Crippen LogP contribution in [0.25, 0.3) is 160 Å². The van der Waals surface area contributed by atoms with Crippen LogP contribution in [0.15, 0.2) is 302 Å². The first-order valence-corrected chi connectivity index (χ1v) is 32.2. The SMILES string of the molecule is C1=CCC(c2ccc3c(c2)c2cc(-c4ccccc4)ccc2n3-c2c3c(c(-c4ccc5oc6cc(-c7c8ccccc8c(-n8c9ccc(-c%10ccccc%10)cc9c9cc(C%10C=CC=CC%10)ccc98)c8ccccc78)ccc6c5c4)c4ccccc24)C=CCC3)C=C1. The van der Waals surface area contributed by atoms with E-state index in [1.165, 1.54) is 149 Å². The highest BCUT2D eigenvalue weighted by atomic mass is 16.3. The minimum absolute atomic E-state index is 0.337. The standard InChI is InChI=1S/C88H60N2O/c1-5-21-55(22-6-1)59-38-44-79-74(49-59)75-50-60(56-23-7-2-8-24-56)39-45-80(75)89(79)87-70-33-17-13-29-66(70)85(67-30-14-18-34-71(67)87)63-42-48-83-78(53-63)65-43-37-64(54-84(65)91-83)86-68-31-15-19-35-72(68)88(73-36-20-16-32-69(73)86)90-81-46-40-61(57-25-9-3-10-26-57)51-76(81)77-52-62(41-47-82(77)90)58-27-11-4-12-28-58/h1-17,19-23,25-27,29-33,35-54,56,58H,18,24,28,34H2. The van der Waals surface area contributed by atoms with Crippen molar-refractivity contribution in [3.63, 3.8) is 0 Å². The summed E-state index contributed by atoms with van der Waals surface area (Å²) in [6, 6.07) is 91.2. The first kappa shape index (κ1) is 51.8. The van der Waals surface area contributed by atoms with Gasteiger partial charge in [0.2, 0.25) is 0 Å². The Labute approximate surface area is 527 Å². The van der Waals surface area contributed by atoms with Crippen molar-refractivity contribution >= 4 is 104 Å². The van der Waals surface area contributed by atoms with Gasteiger partial charge in [-0.25, -0.2) is 0 Å². The highest BCUT2D eigenvalue weighted by molar-refractivity contribution is 6.22. The second-order valence-electron chi connectivity index (χ2n) is 25.2. The smallest absolute Gasteiger partial charge is 0.136 e. The third-order valence-corrected chi connectivity index (χ3v) is 20.2. The maximum atomic E-state index is 7.00. The molecule has 428 valence electrons. The summed E-state index contributed by atoms with van der Waals surface area (Å²) in [5.41, 5.74) is 24.1. The molecule has 3 heterocycles. The van der Waals surface area contributed by atoms with Crippen molar-refractivity contribution in [1.82, 2.24) is 9.13 Å². The highest BCUT2D eigenvalue weighted by Gasteiger charge is 2.28. The zero-order chi connectivity index (χ0) is 59.7. The van der Waals surface area contributed by atoms with E-state index in [9.17, 15) is 0 Å². The quantitative estimate of drug-likeness (QED) is 0.139. The van der Waals surface area contributed by atoms with Gasteiger partial charge in [0.15, 0.2) is 0 Å². The monoisotopic (exact) mass is 1160 g/mol. The minimum atomic E-state index is 0.337. The first-order chi connectivity index (χ1) is 45.1. The molecule has 91 heavy (non-hydrogen) atoms. The Kier molecular flexibility index (Phi) is 11.8.